The van der Waals surface area contributed by atoms with Gasteiger partial charge in [0, 0.05) is 38.3 Å². The minimum absolute atomic E-state index is 0.136. The van der Waals surface area contributed by atoms with Crippen LogP contribution in [0, 0.1) is 13.8 Å². The number of hydrogen-bond acceptors (Lipinski definition) is 4. The van der Waals surface area contributed by atoms with E-state index in [1.807, 2.05) is 40.6 Å². The summed E-state index contributed by atoms with van der Waals surface area (Å²) in [5.74, 6) is 0.987. The van der Waals surface area contributed by atoms with Gasteiger partial charge in [-0.1, -0.05) is 47.5 Å². The molecule has 1 amide bonds. The summed E-state index contributed by atoms with van der Waals surface area (Å²) in [5, 5.41) is 2.02. The number of carbonyl (C=O) groups excluding carboxylic acids is 1. The molecule has 4 rings (SSSR count). The Labute approximate surface area is 182 Å². The lowest BCUT2D eigenvalue weighted by Gasteiger charge is -2.34. The molecule has 0 atom stereocenters. The zero-order valence-corrected chi connectivity index (χ0v) is 18.5. The number of hydrogen-bond donors (Lipinski definition) is 0. The smallest absolute Gasteiger partial charge is 0.264 e. The normalized spacial score (nSPS) is 14.7. The Bertz CT molecular complexity index is 971. The first kappa shape index (κ1) is 20.6. The van der Waals surface area contributed by atoms with Gasteiger partial charge in [0.15, 0.2) is 0 Å². The fourth-order valence-corrected chi connectivity index (χ4v) is 4.44. The van der Waals surface area contributed by atoms with Gasteiger partial charge >= 0.3 is 0 Å². The van der Waals surface area contributed by atoms with E-state index in [9.17, 15) is 4.79 Å². The lowest BCUT2D eigenvalue weighted by atomic mass is 10.1. The number of nitrogens with zero attached hydrogens (tertiary/aromatic N) is 2. The van der Waals surface area contributed by atoms with Gasteiger partial charge in [0.2, 0.25) is 0 Å². The molecule has 30 heavy (non-hydrogen) atoms. The molecule has 0 spiro atoms. The third-order valence-corrected chi connectivity index (χ3v) is 6.44. The minimum atomic E-state index is 0.136. The molecular weight excluding hydrogens is 392 g/mol. The third kappa shape index (κ3) is 5.29. The Morgan fingerprint density at radius 1 is 0.900 bits per heavy atom. The second kappa shape index (κ2) is 9.45. The van der Waals surface area contributed by atoms with Gasteiger partial charge in [0.05, 0.1) is 4.88 Å². The van der Waals surface area contributed by atoms with Gasteiger partial charge in [0.1, 0.15) is 12.4 Å². The fraction of sp³-hybridized carbons (Fsp3) is 0.320. The zero-order valence-electron chi connectivity index (χ0n) is 17.6. The fourth-order valence-electron chi connectivity index (χ4n) is 3.58. The van der Waals surface area contributed by atoms with Crippen LogP contribution < -0.4 is 4.74 Å². The molecule has 0 unspecified atom stereocenters. The van der Waals surface area contributed by atoms with Crippen molar-refractivity contribution >= 4 is 17.2 Å². The van der Waals surface area contributed by atoms with Crippen LogP contribution in [0.2, 0.25) is 0 Å². The molecule has 2 heterocycles. The van der Waals surface area contributed by atoms with Crippen LogP contribution in [0.15, 0.2) is 60.0 Å². The number of amides is 1. The number of ether oxygens (including phenoxy) is 1. The van der Waals surface area contributed by atoms with Crippen LogP contribution in [0.3, 0.4) is 0 Å². The van der Waals surface area contributed by atoms with E-state index in [4.69, 9.17) is 4.74 Å². The van der Waals surface area contributed by atoms with Crippen molar-refractivity contribution in [3.05, 3.63) is 87.1 Å². The van der Waals surface area contributed by atoms with Crippen molar-refractivity contribution in [2.24, 2.45) is 0 Å². The van der Waals surface area contributed by atoms with Crippen LogP contribution in [0.4, 0.5) is 0 Å². The monoisotopic (exact) mass is 420 g/mol. The van der Waals surface area contributed by atoms with E-state index < -0.39 is 0 Å². The third-order valence-electron chi connectivity index (χ3n) is 5.48. The lowest BCUT2D eigenvalue weighted by molar-refractivity contribution is 0.0633. The summed E-state index contributed by atoms with van der Waals surface area (Å²) in [6, 6.07) is 18.7. The molecule has 0 saturated carbocycles. The summed E-state index contributed by atoms with van der Waals surface area (Å²) in [7, 11) is 0. The summed E-state index contributed by atoms with van der Waals surface area (Å²) >= 11 is 1.51. The molecule has 1 fully saturated rings. The average Bonchev–Trinajstić information content (AvgIpc) is 3.24. The quantitative estimate of drug-likeness (QED) is 0.568. The second-order valence-corrected chi connectivity index (χ2v) is 8.89. The van der Waals surface area contributed by atoms with Gasteiger partial charge < -0.3 is 9.64 Å². The first-order chi connectivity index (χ1) is 14.6. The van der Waals surface area contributed by atoms with Gasteiger partial charge in [-0.3, -0.25) is 9.69 Å². The number of carbonyl (C=O) groups is 1. The maximum Gasteiger partial charge on any atom is 0.264 e. The van der Waals surface area contributed by atoms with Crippen LogP contribution in [0.1, 0.15) is 31.9 Å². The Morgan fingerprint density at radius 3 is 2.20 bits per heavy atom. The summed E-state index contributed by atoms with van der Waals surface area (Å²) in [5.41, 5.74) is 4.87. The Morgan fingerprint density at radius 2 is 1.53 bits per heavy atom. The molecule has 3 aromatic rings. The SMILES string of the molecule is Cc1ccc(CN2CCN(C(=O)c3cc(COc4ccc(C)cc4)cs3)CC2)cc1. The van der Waals surface area contributed by atoms with Crippen LogP contribution in [0.5, 0.6) is 5.75 Å². The highest BCUT2D eigenvalue weighted by atomic mass is 32.1. The van der Waals surface area contributed by atoms with Crippen LogP contribution in [-0.4, -0.2) is 41.9 Å². The maximum atomic E-state index is 12.9. The summed E-state index contributed by atoms with van der Waals surface area (Å²) in [6.45, 7) is 8.97. The van der Waals surface area contributed by atoms with Gasteiger partial charge in [-0.2, -0.15) is 0 Å². The highest BCUT2D eigenvalue weighted by Gasteiger charge is 2.23. The standard InChI is InChI=1S/C25H28N2O2S/c1-19-3-7-21(8-4-19)16-26-11-13-27(14-12-26)25(28)24-15-22(18-30-24)17-29-23-9-5-20(2)6-10-23/h3-10,15,18H,11-14,16-17H2,1-2H3. The maximum absolute atomic E-state index is 12.9. The molecule has 1 aliphatic rings. The predicted octanol–water partition coefficient (Wildman–Crippen LogP) is 4.90. The highest BCUT2D eigenvalue weighted by Crippen LogP contribution is 2.21. The molecule has 1 aliphatic heterocycles. The Kier molecular flexibility index (Phi) is 6.50. The number of rotatable bonds is 6. The Balaban J connectivity index is 1.27. The van der Waals surface area contributed by atoms with Gasteiger partial charge in [0.25, 0.3) is 5.91 Å². The Hall–Kier alpha value is -2.63. The molecule has 4 nitrogen and oxygen atoms in total. The van der Waals surface area contributed by atoms with Gasteiger partial charge in [-0.25, -0.2) is 0 Å². The van der Waals surface area contributed by atoms with Gasteiger partial charge in [-0.15, -0.1) is 11.3 Å². The van der Waals surface area contributed by atoms with E-state index in [0.717, 1.165) is 48.9 Å². The molecule has 0 radical (unpaired) electrons. The second-order valence-electron chi connectivity index (χ2n) is 7.97. The minimum Gasteiger partial charge on any atom is -0.489 e. The molecule has 5 heteroatoms. The van der Waals surface area contributed by atoms with Gasteiger partial charge in [-0.05, 0) is 43.0 Å². The van der Waals surface area contributed by atoms with Crippen molar-refractivity contribution in [1.29, 1.82) is 0 Å². The van der Waals surface area contributed by atoms with Crippen LogP contribution in [-0.2, 0) is 13.2 Å². The molecule has 2 aromatic carbocycles. The topological polar surface area (TPSA) is 32.8 Å². The number of thiophene rings is 1. The summed E-state index contributed by atoms with van der Waals surface area (Å²) in [4.78, 5) is 18.1. The first-order valence-corrected chi connectivity index (χ1v) is 11.3. The number of benzene rings is 2. The molecular formula is C25H28N2O2S. The number of aryl methyl sites for hydroxylation is 2. The largest absolute Gasteiger partial charge is 0.489 e. The van der Waals surface area contributed by atoms with E-state index in [0.29, 0.717) is 6.61 Å². The zero-order chi connectivity index (χ0) is 20.9. The summed E-state index contributed by atoms with van der Waals surface area (Å²) < 4.78 is 5.84. The molecule has 0 aliphatic carbocycles. The molecule has 1 aromatic heterocycles. The van der Waals surface area contributed by atoms with E-state index in [2.05, 4.69) is 43.0 Å². The van der Waals surface area contributed by atoms with Crippen molar-refractivity contribution in [3.8, 4) is 5.75 Å². The number of piperazine rings is 1. The molecule has 0 N–H and O–H groups in total. The van der Waals surface area contributed by atoms with E-state index >= 15 is 0 Å². The first-order valence-electron chi connectivity index (χ1n) is 10.4. The van der Waals surface area contributed by atoms with Crippen molar-refractivity contribution in [1.82, 2.24) is 9.80 Å². The van der Waals surface area contributed by atoms with E-state index in [-0.39, 0.29) is 5.91 Å². The summed E-state index contributed by atoms with van der Waals surface area (Å²) in [6.07, 6.45) is 0. The van der Waals surface area contributed by atoms with E-state index in [1.54, 1.807) is 0 Å². The lowest BCUT2D eigenvalue weighted by Crippen LogP contribution is -2.48. The van der Waals surface area contributed by atoms with Crippen LogP contribution >= 0.6 is 11.3 Å². The predicted molar refractivity (Wildman–Crippen MR) is 122 cm³/mol. The highest BCUT2D eigenvalue weighted by molar-refractivity contribution is 7.12. The van der Waals surface area contributed by atoms with E-state index in [1.165, 1.54) is 28.0 Å². The van der Waals surface area contributed by atoms with Crippen molar-refractivity contribution in [3.63, 3.8) is 0 Å². The molecule has 1 saturated heterocycles. The van der Waals surface area contributed by atoms with Crippen molar-refractivity contribution in [2.75, 3.05) is 26.2 Å². The molecule has 156 valence electrons. The van der Waals surface area contributed by atoms with Crippen molar-refractivity contribution < 1.29 is 9.53 Å². The molecule has 0 bridgehead atoms. The van der Waals surface area contributed by atoms with Crippen molar-refractivity contribution in [2.45, 2.75) is 27.0 Å². The van der Waals surface area contributed by atoms with Crippen LogP contribution in [0.25, 0.3) is 0 Å². The average molecular weight is 421 g/mol.